The van der Waals surface area contributed by atoms with E-state index in [2.05, 4.69) is 31.3 Å². The zero-order chi connectivity index (χ0) is 38.7. The van der Waals surface area contributed by atoms with Crippen molar-refractivity contribution in [3.8, 4) is 0 Å². The van der Waals surface area contributed by atoms with Gasteiger partial charge in [0.05, 0.1) is 25.4 Å². The van der Waals surface area contributed by atoms with Gasteiger partial charge in [-0.25, -0.2) is 0 Å². The van der Waals surface area contributed by atoms with Gasteiger partial charge in [0.15, 0.2) is 0 Å². The number of aliphatic hydroxyl groups excluding tert-OH is 2. The summed E-state index contributed by atoms with van der Waals surface area (Å²) in [5.41, 5.74) is 0. The monoisotopic (exact) mass is 748 g/mol. The Kier molecular flexibility index (Phi) is 41.7. The maximum Gasteiger partial charge on any atom is 0.305 e. The fourth-order valence-electron chi connectivity index (χ4n) is 6.86. The van der Waals surface area contributed by atoms with Gasteiger partial charge in [-0.3, -0.25) is 9.59 Å². The summed E-state index contributed by atoms with van der Waals surface area (Å²) in [6, 6.07) is -0.651. The molecule has 2 atom stereocenters. The molecule has 3 N–H and O–H groups in total. The molecular formula is C47H89NO5. The summed E-state index contributed by atoms with van der Waals surface area (Å²) in [4.78, 5) is 24.3. The van der Waals surface area contributed by atoms with Crippen molar-refractivity contribution < 1.29 is 24.5 Å². The van der Waals surface area contributed by atoms with Crippen molar-refractivity contribution in [3.05, 3.63) is 24.3 Å². The second-order valence-corrected chi connectivity index (χ2v) is 15.7. The van der Waals surface area contributed by atoms with Crippen LogP contribution in [0.15, 0.2) is 24.3 Å². The van der Waals surface area contributed by atoms with Crippen LogP contribution in [-0.4, -0.2) is 47.4 Å². The first-order valence-electron chi connectivity index (χ1n) is 23.1. The number of nitrogens with one attached hydrogen (secondary N) is 1. The van der Waals surface area contributed by atoms with Gasteiger partial charge in [-0.2, -0.15) is 0 Å². The summed E-state index contributed by atoms with van der Waals surface area (Å²) in [6.07, 6.45) is 48.8. The molecule has 0 aromatic heterocycles. The molecule has 53 heavy (non-hydrogen) atoms. The first kappa shape index (κ1) is 51.3. The van der Waals surface area contributed by atoms with Crippen molar-refractivity contribution in [2.45, 2.75) is 251 Å². The molecule has 0 aromatic carbocycles. The van der Waals surface area contributed by atoms with E-state index >= 15 is 0 Å². The molecule has 1 amide bonds. The second kappa shape index (κ2) is 43.1. The maximum atomic E-state index is 12.4. The van der Waals surface area contributed by atoms with E-state index < -0.39 is 12.1 Å². The molecule has 0 heterocycles. The SMILES string of the molecule is CCCCCCCCCCCCCC/C=C/C(O)C(CO)NC(=O)CCCCCC/C=C\CCCCOC(=O)CCCCCCCCCCCCCC. The Morgan fingerprint density at radius 2 is 0.887 bits per heavy atom. The average molecular weight is 748 g/mol. The van der Waals surface area contributed by atoms with E-state index in [-0.39, 0.29) is 18.5 Å². The summed E-state index contributed by atoms with van der Waals surface area (Å²) in [7, 11) is 0. The number of hydrogen-bond acceptors (Lipinski definition) is 5. The highest BCUT2D eigenvalue weighted by molar-refractivity contribution is 5.76. The summed E-state index contributed by atoms with van der Waals surface area (Å²) < 4.78 is 5.41. The van der Waals surface area contributed by atoms with Gasteiger partial charge in [-0.1, -0.05) is 192 Å². The number of allylic oxidation sites excluding steroid dienone is 3. The van der Waals surface area contributed by atoms with Crippen molar-refractivity contribution in [2.75, 3.05) is 13.2 Å². The third-order valence-electron chi connectivity index (χ3n) is 10.5. The van der Waals surface area contributed by atoms with E-state index in [4.69, 9.17) is 4.74 Å². The minimum absolute atomic E-state index is 0.0385. The Morgan fingerprint density at radius 3 is 1.34 bits per heavy atom. The first-order chi connectivity index (χ1) is 26.0. The molecular weight excluding hydrogens is 659 g/mol. The number of rotatable bonds is 42. The number of amides is 1. The molecule has 0 saturated heterocycles. The molecule has 0 rings (SSSR count). The lowest BCUT2D eigenvalue weighted by Gasteiger charge is -2.20. The number of ether oxygens (including phenoxy) is 1. The van der Waals surface area contributed by atoms with Gasteiger partial charge < -0.3 is 20.3 Å². The number of carbonyl (C=O) groups is 2. The highest BCUT2D eigenvalue weighted by Gasteiger charge is 2.18. The van der Waals surface area contributed by atoms with E-state index in [1.165, 1.54) is 135 Å². The first-order valence-corrected chi connectivity index (χ1v) is 23.1. The molecule has 2 unspecified atom stereocenters. The van der Waals surface area contributed by atoms with Crippen LogP contribution in [0.5, 0.6) is 0 Å². The zero-order valence-electron chi connectivity index (χ0n) is 35.2. The fourth-order valence-corrected chi connectivity index (χ4v) is 6.86. The second-order valence-electron chi connectivity index (χ2n) is 15.7. The number of hydrogen-bond donors (Lipinski definition) is 3. The van der Waals surface area contributed by atoms with Crippen LogP contribution in [0.3, 0.4) is 0 Å². The van der Waals surface area contributed by atoms with Crippen LogP contribution in [0.1, 0.15) is 239 Å². The van der Waals surface area contributed by atoms with Crippen molar-refractivity contribution >= 4 is 11.9 Å². The van der Waals surface area contributed by atoms with Gasteiger partial charge in [0.1, 0.15) is 0 Å². The Labute approximate surface area is 329 Å². The van der Waals surface area contributed by atoms with Crippen molar-refractivity contribution in [1.82, 2.24) is 5.32 Å². The average Bonchev–Trinajstić information content (AvgIpc) is 3.16. The van der Waals surface area contributed by atoms with Gasteiger partial charge in [-0.15, -0.1) is 0 Å². The van der Waals surface area contributed by atoms with E-state index in [0.29, 0.717) is 19.4 Å². The lowest BCUT2D eigenvalue weighted by Crippen LogP contribution is -2.45. The van der Waals surface area contributed by atoms with Gasteiger partial charge in [0.2, 0.25) is 5.91 Å². The molecule has 6 nitrogen and oxygen atoms in total. The predicted molar refractivity (Wildman–Crippen MR) is 227 cm³/mol. The normalized spacial score (nSPS) is 12.9. The molecule has 0 aliphatic rings. The third-order valence-corrected chi connectivity index (χ3v) is 10.5. The minimum atomic E-state index is -0.864. The van der Waals surface area contributed by atoms with E-state index in [0.717, 1.165) is 77.0 Å². The smallest absolute Gasteiger partial charge is 0.305 e. The van der Waals surface area contributed by atoms with Crippen LogP contribution in [0.2, 0.25) is 0 Å². The topological polar surface area (TPSA) is 95.9 Å². The van der Waals surface area contributed by atoms with Gasteiger partial charge in [0, 0.05) is 12.8 Å². The molecule has 0 spiro atoms. The molecule has 0 aromatic rings. The summed E-state index contributed by atoms with van der Waals surface area (Å²) in [5.74, 6) is -0.143. The van der Waals surface area contributed by atoms with Gasteiger partial charge >= 0.3 is 5.97 Å². The molecule has 0 bridgehead atoms. The minimum Gasteiger partial charge on any atom is -0.466 e. The standard InChI is InChI=1S/C47H89NO5/c1-3-5-7-9-11-13-15-17-18-19-23-27-31-35-39-45(50)44(43-49)48-46(51)40-36-32-28-24-21-22-26-30-34-38-42-53-47(52)41-37-33-29-25-20-16-14-12-10-8-6-4-2/h22,26,35,39,44-45,49-50H,3-21,23-25,27-34,36-38,40-43H2,1-2H3,(H,48,51)/b26-22-,39-35+. The fraction of sp³-hybridized carbons (Fsp3) is 0.872. The highest BCUT2D eigenvalue weighted by atomic mass is 16.5. The molecule has 0 saturated carbocycles. The molecule has 312 valence electrons. The largest absolute Gasteiger partial charge is 0.466 e. The van der Waals surface area contributed by atoms with E-state index in [1.807, 2.05) is 6.08 Å². The highest BCUT2D eigenvalue weighted by Crippen LogP contribution is 2.15. The zero-order valence-corrected chi connectivity index (χ0v) is 35.2. The molecule has 6 heteroatoms. The van der Waals surface area contributed by atoms with E-state index in [1.54, 1.807) is 6.08 Å². The quantitative estimate of drug-likeness (QED) is 0.0328. The molecule has 0 radical (unpaired) electrons. The van der Waals surface area contributed by atoms with Crippen LogP contribution in [-0.2, 0) is 14.3 Å². The maximum absolute atomic E-state index is 12.4. The van der Waals surface area contributed by atoms with Gasteiger partial charge in [0.25, 0.3) is 0 Å². The van der Waals surface area contributed by atoms with Crippen LogP contribution in [0.4, 0.5) is 0 Å². The number of esters is 1. The van der Waals surface area contributed by atoms with Crippen LogP contribution >= 0.6 is 0 Å². The van der Waals surface area contributed by atoms with Crippen LogP contribution < -0.4 is 5.32 Å². The lowest BCUT2D eigenvalue weighted by atomic mass is 10.0. The van der Waals surface area contributed by atoms with Crippen molar-refractivity contribution in [3.63, 3.8) is 0 Å². The Hall–Kier alpha value is -1.66. The van der Waals surface area contributed by atoms with Crippen LogP contribution in [0.25, 0.3) is 0 Å². The van der Waals surface area contributed by atoms with Crippen LogP contribution in [0, 0.1) is 0 Å². The summed E-state index contributed by atoms with van der Waals surface area (Å²) >= 11 is 0. The van der Waals surface area contributed by atoms with Gasteiger partial charge in [-0.05, 0) is 57.8 Å². The Balaban J connectivity index is 3.59. The predicted octanol–water partition coefficient (Wildman–Crippen LogP) is 13.2. The summed E-state index contributed by atoms with van der Waals surface area (Å²) in [5, 5.41) is 23.0. The number of aliphatic hydroxyl groups is 2. The third kappa shape index (κ3) is 39.8. The lowest BCUT2D eigenvalue weighted by molar-refractivity contribution is -0.143. The Bertz CT molecular complexity index is 828. The van der Waals surface area contributed by atoms with E-state index in [9.17, 15) is 19.8 Å². The molecule has 0 aliphatic heterocycles. The Morgan fingerprint density at radius 1 is 0.509 bits per heavy atom. The molecule has 0 fully saturated rings. The number of carbonyl (C=O) groups excluding carboxylic acids is 2. The van der Waals surface area contributed by atoms with Crippen molar-refractivity contribution in [2.24, 2.45) is 0 Å². The molecule has 0 aliphatic carbocycles. The number of unbranched alkanes of at least 4 members (excludes halogenated alkanes) is 29. The van der Waals surface area contributed by atoms with Crippen molar-refractivity contribution in [1.29, 1.82) is 0 Å². The summed E-state index contributed by atoms with van der Waals surface area (Å²) in [6.45, 7) is 4.80.